The van der Waals surface area contributed by atoms with Gasteiger partial charge < -0.3 is 5.11 Å². The highest BCUT2D eigenvalue weighted by Crippen LogP contribution is 2.44. The normalized spacial score (nSPS) is 11.6. The number of azo groups is 1. The number of phenols is 1. The summed E-state index contributed by atoms with van der Waals surface area (Å²) in [5, 5.41) is 22.1. The van der Waals surface area contributed by atoms with Crippen molar-refractivity contribution in [2.24, 2.45) is 10.2 Å². The molecule has 0 unspecified atom stereocenters. The van der Waals surface area contributed by atoms with E-state index in [1.165, 1.54) is 0 Å². The Kier molecular flexibility index (Phi) is 5.89. The van der Waals surface area contributed by atoms with Gasteiger partial charge in [0.25, 0.3) is 0 Å². The molecule has 0 aliphatic heterocycles. The Morgan fingerprint density at radius 3 is 1.80 bits per heavy atom. The first-order valence-corrected chi connectivity index (χ1v) is 12.4. The lowest BCUT2D eigenvalue weighted by Gasteiger charge is -2.24. The molecule has 0 aliphatic rings. The Balaban J connectivity index is 1.82. The maximum atomic E-state index is 10.4. The molecule has 4 aromatic rings. The average molecular weight is 428 g/mol. The third kappa shape index (κ3) is 4.11. The van der Waals surface area contributed by atoms with Crippen LogP contribution in [0, 0.1) is 6.92 Å². The topological polar surface area (TPSA) is 45.0 Å². The van der Waals surface area contributed by atoms with Crippen LogP contribution in [0.3, 0.4) is 0 Å². The van der Waals surface area contributed by atoms with Crippen molar-refractivity contribution in [1.82, 2.24) is 0 Å². The SMILES string of the molecule is Cc1ccc(N=Nc2cc(P(=S)(c3ccccc3)c3ccccc3)ccc2O)cc1. The minimum atomic E-state index is -2.30. The van der Waals surface area contributed by atoms with Crippen LogP contribution >= 0.6 is 6.04 Å². The first-order chi connectivity index (χ1) is 14.6. The summed E-state index contributed by atoms with van der Waals surface area (Å²) in [6, 6.07) is 31.2. The molecular weight excluding hydrogens is 407 g/mol. The molecule has 4 rings (SSSR count). The Morgan fingerprint density at radius 1 is 0.667 bits per heavy atom. The lowest BCUT2D eigenvalue weighted by Crippen LogP contribution is -2.24. The first kappa shape index (κ1) is 20.2. The molecule has 148 valence electrons. The molecule has 0 spiro atoms. The van der Waals surface area contributed by atoms with E-state index in [1.54, 1.807) is 6.07 Å². The summed E-state index contributed by atoms with van der Waals surface area (Å²) in [5.74, 6) is 0.0808. The van der Waals surface area contributed by atoms with Gasteiger partial charge in [-0.15, -0.1) is 5.11 Å². The number of benzene rings is 4. The second-order valence-corrected chi connectivity index (χ2v) is 11.4. The van der Waals surface area contributed by atoms with Crippen LogP contribution < -0.4 is 15.9 Å². The molecule has 0 bridgehead atoms. The fraction of sp³-hybridized carbons (Fsp3) is 0.0400. The molecule has 0 radical (unpaired) electrons. The summed E-state index contributed by atoms with van der Waals surface area (Å²) in [6.45, 7) is 2.02. The molecule has 0 aromatic heterocycles. The van der Waals surface area contributed by atoms with E-state index in [0.717, 1.165) is 27.2 Å². The van der Waals surface area contributed by atoms with E-state index in [2.05, 4.69) is 34.5 Å². The fourth-order valence-electron chi connectivity index (χ4n) is 3.23. The van der Waals surface area contributed by atoms with E-state index in [4.69, 9.17) is 11.8 Å². The molecule has 3 nitrogen and oxygen atoms in total. The zero-order valence-corrected chi connectivity index (χ0v) is 18.2. The van der Waals surface area contributed by atoms with E-state index < -0.39 is 6.04 Å². The van der Waals surface area contributed by atoms with Crippen LogP contribution in [0.2, 0.25) is 0 Å². The van der Waals surface area contributed by atoms with Crippen molar-refractivity contribution in [2.45, 2.75) is 6.92 Å². The van der Waals surface area contributed by atoms with Crippen molar-refractivity contribution < 1.29 is 5.11 Å². The molecular formula is C25H21N2OPS. The van der Waals surface area contributed by atoms with E-state index in [-0.39, 0.29) is 5.75 Å². The summed E-state index contributed by atoms with van der Waals surface area (Å²) >= 11 is 6.35. The smallest absolute Gasteiger partial charge is 0.143 e. The number of aryl methyl sites for hydroxylation is 1. The first-order valence-electron chi connectivity index (χ1n) is 9.60. The molecule has 0 saturated carbocycles. The van der Waals surface area contributed by atoms with Gasteiger partial charge in [-0.3, -0.25) is 0 Å². The minimum absolute atomic E-state index is 0.0808. The molecule has 0 aliphatic carbocycles. The predicted octanol–water partition coefficient (Wildman–Crippen LogP) is 5.87. The summed E-state index contributed by atoms with van der Waals surface area (Å²) in [5.41, 5.74) is 2.30. The van der Waals surface area contributed by atoms with Crippen molar-refractivity contribution in [3.8, 4) is 5.75 Å². The largest absolute Gasteiger partial charge is 0.506 e. The molecule has 4 aromatic carbocycles. The van der Waals surface area contributed by atoms with Crippen molar-refractivity contribution in [1.29, 1.82) is 0 Å². The Bertz CT molecular complexity index is 1180. The van der Waals surface area contributed by atoms with Gasteiger partial charge in [-0.1, -0.05) is 90.2 Å². The van der Waals surface area contributed by atoms with Crippen molar-refractivity contribution >= 4 is 45.1 Å². The van der Waals surface area contributed by atoms with Gasteiger partial charge in [0.15, 0.2) is 0 Å². The van der Waals surface area contributed by atoms with Gasteiger partial charge in [0.1, 0.15) is 11.4 Å². The van der Waals surface area contributed by atoms with Gasteiger partial charge in [0.2, 0.25) is 0 Å². The standard InChI is InChI=1S/C25H21N2OPS/c1-19-12-14-20(15-13-19)26-27-24-18-23(16-17-25(24)28)29(30,21-8-4-2-5-9-21)22-10-6-3-7-11-22/h2-18,28H,1H3. The molecule has 0 saturated heterocycles. The zero-order chi connectivity index (χ0) is 21.0. The highest BCUT2D eigenvalue weighted by molar-refractivity contribution is 8.25. The van der Waals surface area contributed by atoms with Gasteiger partial charge in [0, 0.05) is 6.04 Å². The second-order valence-electron chi connectivity index (χ2n) is 6.99. The molecule has 0 heterocycles. The van der Waals surface area contributed by atoms with Crippen molar-refractivity contribution in [3.63, 3.8) is 0 Å². The van der Waals surface area contributed by atoms with Gasteiger partial charge in [0.05, 0.1) is 5.69 Å². The molecule has 1 N–H and O–H groups in total. The lowest BCUT2D eigenvalue weighted by atomic mass is 10.2. The van der Waals surface area contributed by atoms with Crippen LogP contribution in [-0.2, 0) is 11.8 Å². The highest BCUT2D eigenvalue weighted by atomic mass is 32.4. The number of phenolic OH excluding ortho intramolecular Hbond substituents is 1. The predicted molar refractivity (Wildman–Crippen MR) is 130 cm³/mol. The number of hydrogen-bond donors (Lipinski definition) is 1. The van der Waals surface area contributed by atoms with E-state index in [1.807, 2.05) is 79.7 Å². The Labute approximate surface area is 181 Å². The molecule has 30 heavy (non-hydrogen) atoms. The van der Waals surface area contributed by atoms with E-state index in [0.29, 0.717) is 5.69 Å². The third-order valence-corrected chi connectivity index (χ3v) is 9.82. The zero-order valence-electron chi connectivity index (χ0n) is 16.5. The summed E-state index contributed by atoms with van der Waals surface area (Å²) in [6.07, 6.45) is 0. The highest BCUT2D eigenvalue weighted by Gasteiger charge is 2.25. The van der Waals surface area contributed by atoms with Crippen LogP contribution in [0.25, 0.3) is 0 Å². The average Bonchev–Trinajstić information content (AvgIpc) is 2.80. The van der Waals surface area contributed by atoms with Crippen molar-refractivity contribution in [2.75, 3.05) is 0 Å². The van der Waals surface area contributed by atoms with E-state index >= 15 is 0 Å². The molecule has 0 atom stereocenters. The third-order valence-electron chi connectivity index (χ3n) is 4.87. The van der Waals surface area contributed by atoms with Gasteiger partial charge in [-0.25, -0.2) is 0 Å². The van der Waals surface area contributed by atoms with Crippen LogP contribution in [-0.4, -0.2) is 5.11 Å². The van der Waals surface area contributed by atoms with Gasteiger partial charge in [-0.2, -0.15) is 5.11 Å². The molecule has 5 heteroatoms. The fourth-order valence-corrected chi connectivity index (χ4v) is 6.97. The summed E-state index contributed by atoms with van der Waals surface area (Å²) in [7, 11) is 0. The lowest BCUT2D eigenvalue weighted by molar-refractivity contribution is 0.476. The van der Waals surface area contributed by atoms with Gasteiger partial charge in [-0.05, 0) is 53.2 Å². The quantitative estimate of drug-likeness (QED) is 0.319. The van der Waals surface area contributed by atoms with Crippen LogP contribution in [0.4, 0.5) is 11.4 Å². The summed E-state index contributed by atoms with van der Waals surface area (Å²) < 4.78 is 0. The maximum Gasteiger partial charge on any atom is 0.143 e. The monoisotopic (exact) mass is 428 g/mol. The van der Waals surface area contributed by atoms with Crippen molar-refractivity contribution in [3.05, 3.63) is 109 Å². The summed E-state index contributed by atoms with van der Waals surface area (Å²) in [4.78, 5) is 0. The number of nitrogens with zero attached hydrogens (tertiary/aromatic N) is 2. The Hall–Kier alpha value is -3.07. The van der Waals surface area contributed by atoms with E-state index in [9.17, 15) is 5.11 Å². The Morgan fingerprint density at radius 2 is 1.23 bits per heavy atom. The number of aromatic hydroxyl groups is 1. The number of rotatable bonds is 5. The molecule has 0 amide bonds. The molecule has 0 fully saturated rings. The van der Waals surface area contributed by atoms with Crippen LogP contribution in [0.5, 0.6) is 5.75 Å². The van der Waals surface area contributed by atoms with Gasteiger partial charge >= 0.3 is 0 Å². The van der Waals surface area contributed by atoms with Crippen LogP contribution in [0.15, 0.2) is 113 Å². The van der Waals surface area contributed by atoms with Crippen LogP contribution in [0.1, 0.15) is 5.56 Å². The minimum Gasteiger partial charge on any atom is -0.506 e. The second kappa shape index (κ2) is 8.74. The number of hydrogen-bond acceptors (Lipinski definition) is 4. The maximum absolute atomic E-state index is 10.4.